The number of rotatable bonds is 2. The smallest absolute Gasteiger partial charge is 0.270 e. The van der Waals surface area contributed by atoms with Crippen molar-refractivity contribution in [1.29, 1.82) is 0 Å². The Hall–Kier alpha value is -1.81. The fourth-order valence-electron chi connectivity index (χ4n) is 2.64. The van der Waals surface area contributed by atoms with Gasteiger partial charge in [0.15, 0.2) is 0 Å². The molecule has 2 aromatic rings. The Morgan fingerprint density at radius 1 is 1.44 bits per heavy atom. The molecule has 0 unspecified atom stereocenters. The molecular weight excluding hydrogens is 228 g/mol. The third-order valence-corrected chi connectivity index (χ3v) is 3.61. The summed E-state index contributed by atoms with van der Waals surface area (Å²) in [5, 5.41) is 10.3. The average molecular weight is 244 g/mol. The molecule has 0 spiro atoms. The quantitative estimate of drug-likeness (QED) is 0.845. The summed E-state index contributed by atoms with van der Waals surface area (Å²) in [6.45, 7) is 0.783. The molecule has 2 heterocycles. The summed E-state index contributed by atoms with van der Waals surface area (Å²) in [7, 11) is 0. The molecular formula is C14H16N2O2. The van der Waals surface area contributed by atoms with Crippen LogP contribution < -0.4 is 0 Å². The lowest BCUT2D eigenvalue weighted by Gasteiger charge is -2.22. The van der Waals surface area contributed by atoms with Crippen molar-refractivity contribution in [2.45, 2.75) is 18.9 Å². The molecule has 0 aliphatic carbocycles. The maximum absolute atomic E-state index is 12.4. The lowest BCUT2D eigenvalue weighted by atomic mass is 10.2. The number of hydrogen-bond donors (Lipinski definition) is 2. The van der Waals surface area contributed by atoms with Crippen molar-refractivity contribution in [1.82, 2.24) is 9.88 Å². The first-order valence-electron chi connectivity index (χ1n) is 6.29. The number of aliphatic hydroxyl groups is 1. The third-order valence-electron chi connectivity index (χ3n) is 3.61. The number of carbonyl (C=O) groups is 1. The molecule has 1 amide bonds. The molecule has 18 heavy (non-hydrogen) atoms. The first-order valence-corrected chi connectivity index (χ1v) is 6.29. The Morgan fingerprint density at radius 3 is 3.06 bits per heavy atom. The molecule has 1 aliphatic rings. The highest BCUT2D eigenvalue weighted by Crippen LogP contribution is 2.21. The zero-order valence-corrected chi connectivity index (χ0v) is 10.1. The van der Waals surface area contributed by atoms with Gasteiger partial charge in [-0.1, -0.05) is 18.2 Å². The molecule has 1 aliphatic heterocycles. The van der Waals surface area contributed by atoms with Crippen LogP contribution in [0.3, 0.4) is 0 Å². The molecule has 0 saturated carbocycles. The summed E-state index contributed by atoms with van der Waals surface area (Å²) in [5.74, 6) is -0.0113. The summed E-state index contributed by atoms with van der Waals surface area (Å²) in [6, 6.07) is 9.69. The predicted molar refractivity (Wildman–Crippen MR) is 69.4 cm³/mol. The van der Waals surface area contributed by atoms with Crippen LogP contribution in [0.1, 0.15) is 23.3 Å². The summed E-state index contributed by atoms with van der Waals surface area (Å²) in [6.07, 6.45) is 1.86. The molecule has 0 bridgehead atoms. The fourth-order valence-corrected chi connectivity index (χ4v) is 2.64. The van der Waals surface area contributed by atoms with Crippen LogP contribution in [0.15, 0.2) is 30.3 Å². The van der Waals surface area contributed by atoms with Crippen LogP contribution in [-0.2, 0) is 0 Å². The molecule has 4 heteroatoms. The number of carbonyl (C=O) groups excluding carboxylic acids is 1. The zero-order valence-electron chi connectivity index (χ0n) is 10.1. The van der Waals surface area contributed by atoms with Crippen molar-refractivity contribution in [2.75, 3.05) is 13.2 Å². The second kappa shape index (κ2) is 4.46. The number of H-pyrrole nitrogens is 1. The van der Waals surface area contributed by atoms with Gasteiger partial charge in [0.05, 0.1) is 12.6 Å². The molecule has 2 N–H and O–H groups in total. The molecule has 1 aromatic carbocycles. The van der Waals surface area contributed by atoms with Gasteiger partial charge in [-0.05, 0) is 25.0 Å². The van der Waals surface area contributed by atoms with Crippen molar-refractivity contribution < 1.29 is 9.90 Å². The normalized spacial score (nSPS) is 19.6. The van der Waals surface area contributed by atoms with Crippen LogP contribution in [0, 0.1) is 0 Å². The van der Waals surface area contributed by atoms with Gasteiger partial charge in [0, 0.05) is 17.4 Å². The van der Waals surface area contributed by atoms with Crippen LogP contribution in [0.4, 0.5) is 0 Å². The topological polar surface area (TPSA) is 56.3 Å². The number of para-hydroxylation sites is 1. The van der Waals surface area contributed by atoms with Crippen molar-refractivity contribution in [2.24, 2.45) is 0 Å². The number of fused-ring (bicyclic) bond motifs is 1. The number of likely N-dealkylation sites (tertiary alicyclic amines) is 1. The van der Waals surface area contributed by atoms with E-state index >= 15 is 0 Å². The summed E-state index contributed by atoms with van der Waals surface area (Å²) in [4.78, 5) is 17.3. The Kier molecular flexibility index (Phi) is 2.80. The minimum atomic E-state index is -0.0242. The van der Waals surface area contributed by atoms with Crippen molar-refractivity contribution in [3.05, 3.63) is 36.0 Å². The SMILES string of the molecule is O=C(c1cc2ccccc2[nH]1)N1CCC[C@@H]1CO. The van der Waals surface area contributed by atoms with E-state index in [0.717, 1.165) is 30.3 Å². The van der Waals surface area contributed by atoms with Crippen LogP contribution in [0.2, 0.25) is 0 Å². The largest absolute Gasteiger partial charge is 0.394 e. The first kappa shape index (κ1) is 11.3. The Bertz CT molecular complexity index is 543. The molecule has 1 saturated heterocycles. The van der Waals surface area contributed by atoms with Crippen molar-refractivity contribution in [3.63, 3.8) is 0 Å². The minimum Gasteiger partial charge on any atom is -0.394 e. The first-order chi connectivity index (χ1) is 8.79. The van der Waals surface area contributed by atoms with Gasteiger partial charge in [0.1, 0.15) is 5.69 Å². The van der Waals surface area contributed by atoms with Gasteiger partial charge in [-0.2, -0.15) is 0 Å². The van der Waals surface area contributed by atoms with Crippen LogP contribution in [0.25, 0.3) is 10.9 Å². The van der Waals surface area contributed by atoms with E-state index in [9.17, 15) is 9.90 Å². The number of aromatic nitrogens is 1. The highest BCUT2D eigenvalue weighted by molar-refractivity contribution is 5.98. The second-order valence-electron chi connectivity index (χ2n) is 4.75. The number of nitrogens with zero attached hydrogens (tertiary/aromatic N) is 1. The lowest BCUT2D eigenvalue weighted by molar-refractivity contribution is 0.0672. The van der Waals surface area contributed by atoms with E-state index in [1.165, 1.54) is 0 Å². The van der Waals surface area contributed by atoms with Gasteiger partial charge >= 0.3 is 0 Å². The van der Waals surface area contributed by atoms with E-state index < -0.39 is 0 Å². The summed E-state index contributed by atoms with van der Waals surface area (Å²) >= 11 is 0. The van der Waals surface area contributed by atoms with Crippen molar-refractivity contribution in [3.8, 4) is 0 Å². The van der Waals surface area contributed by atoms with Gasteiger partial charge < -0.3 is 15.0 Å². The monoisotopic (exact) mass is 244 g/mol. The van der Waals surface area contributed by atoms with Crippen LogP contribution >= 0.6 is 0 Å². The third kappa shape index (κ3) is 1.78. The van der Waals surface area contributed by atoms with E-state index in [0.29, 0.717) is 5.69 Å². The molecule has 94 valence electrons. The highest BCUT2D eigenvalue weighted by Gasteiger charge is 2.29. The van der Waals surface area contributed by atoms with E-state index in [2.05, 4.69) is 4.98 Å². The van der Waals surface area contributed by atoms with Gasteiger partial charge in [-0.3, -0.25) is 4.79 Å². The maximum atomic E-state index is 12.4. The van der Waals surface area contributed by atoms with Gasteiger partial charge in [0.2, 0.25) is 0 Å². The number of nitrogens with one attached hydrogen (secondary N) is 1. The Balaban J connectivity index is 1.91. The Labute approximate surface area is 105 Å². The Morgan fingerprint density at radius 2 is 2.28 bits per heavy atom. The second-order valence-corrected chi connectivity index (χ2v) is 4.75. The molecule has 1 fully saturated rings. The van der Waals surface area contributed by atoms with Gasteiger partial charge in [-0.15, -0.1) is 0 Å². The number of benzene rings is 1. The summed E-state index contributed by atoms with van der Waals surface area (Å²) in [5.41, 5.74) is 1.58. The molecule has 4 nitrogen and oxygen atoms in total. The lowest BCUT2D eigenvalue weighted by Crippen LogP contribution is -2.37. The van der Waals surface area contributed by atoms with E-state index in [1.807, 2.05) is 30.3 Å². The number of aliphatic hydroxyl groups excluding tert-OH is 1. The van der Waals surface area contributed by atoms with Crippen molar-refractivity contribution >= 4 is 16.8 Å². The van der Waals surface area contributed by atoms with Gasteiger partial charge in [-0.25, -0.2) is 0 Å². The number of amides is 1. The molecule has 0 radical (unpaired) electrons. The van der Waals surface area contributed by atoms with Crippen LogP contribution in [0.5, 0.6) is 0 Å². The van der Waals surface area contributed by atoms with Gasteiger partial charge in [0.25, 0.3) is 5.91 Å². The van der Waals surface area contributed by atoms with E-state index in [-0.39, 0.29) is 18.6 Å². The average Bonchev–Trinajstić information content (AvgIpc) is 3.03. The minimum absolute atomic E-state index is 0.0113. The summed E-state index contributed by atoms with van der Waals surface area (Å²) < 4.78 is 0. The fraction of sp³-hybridized carbons (Fsp3) is 0.357. The number of aromatic amines is 1. The molecule has 1 aromatic heterocycles. The maximum Gasteiger partial charge on any atom is 0.270 e. The highest BCUT2D eigenvalue weighted by atomic mass is 16.3. The van der Waals surface area contributed by atoms with E-state index in [1.54, 1.807) is 4.90 Å². The molecule has 1 atom stereocenters. The van der Waals surface area contributed by atoms with E-state index in [4.69, 9.17) is 0 Å². The predicted octanol–water partition coefficient (Wildman–Crippen LogP) is 1.76. The zero-order chi connectivity index (χ0) is 12.5. The van der Waals surface area contributed by atoms with Crippen LogP contribution in [-0.4, -0.2) is 40.1 Å². The number of hydrogen-bond acceptors (Lipinski definition) is 2. The standard InChI is InChI=1S/C14H16N2O2/c17-9-11-5-3-7-16(11)14(18)13-8-10-4-1-2-6-12(10)15-13/h1-2,4,6,8,11,15,17H,3,5,7,9H2/t11-/m1/s1. The molecule has 3 rings (SSSR count).